The van der Waals surface area contributed by atoms with Gasteiger partial charge < -0.3 is 10.6 Å². The number of benzene rings is 2. The van der Waals surface area contributed by atoms with E-state index in [9.17, 15) is 22.4 Å². The van der Waals surface area contributed by atoms with Gasteiger partial charge >= 0.3 is 0 Å². The molecule has 2 rings (SSSR count). The van der Waals surface area contributed by atoms with Gasteiger partial charge in [0.25, 0.3) is 0 Å². The van der Waals surface area contributed by atoms with Crippen molar-refractivity contribution in [3.8, 4) is 0 Å². The minimum absolute atomic E-state index is 0.166. The van der Waals surface area contributed by atoms with Crippen LogP contribution in [0, 0.1) is 5.82 Å². The third-order valence-electron chi connectivity index (χ3n) is 3.53. The summed E-state index contributed by atoms with van der Waals surface area (Å²) in [6, 6.07) is 11.0. The molecule has 0 aliphatic heterocycles. The molecule has 2 aromatic rings. The standard InChI is InChI=1S/C17H16BrFN2O4S/c1-11(26(24,25)15-8-4-13(19)5-9-15)17(23)20-10-16(22)21-14-6-2-12(18)3-7-14/h2-9,11H,10H2,1H3,(H,20,23)(H,21,22). The highest BCUT2D eigenvalue weighted by atomic mass is 79.9. The fraction of sp³-hybridized carbons (Fsp3) is 0.176. The van der Waals surface area contributed by atoms with Gasteiger partial charge in [0.15, 0.2) is 9.84 Å². The first-order valence-corrected chi connectivity index (χ1v) is 9.86. The Bertz CT molecular complexity index is 899. The van der Waals surface area contributed by atoms with Crippen LogP contribution in [0.3, 0.4) is 0 Å². The molecule has 2 N–H and O–H groups in total. The summed E-state index contributed by atoms with van der Waals surface area (Å²) in [4.78, 5) is 23.8. The van der Waals surface area contributed by atoms with Crippen LogP contribution < -0.4 is 10.6 Å². The highest BCUT2D eigenvalue weighted by molar-refractivity contribution is 9.10. The monoisotopic (exact) mass is 442 g/mol. The average molecular weight is 443 g/mol. The molecule has 138 valence electrons. The lowest BCUT2D eigenvalue weighted by atomic mass is 10.3. The van der Waals surface area contributed by atoms with E-state index >= 15 is 0 Å². The number of amides is 2. The molecule has 0 heterocycles. The first kappa shape index (κ1) is 20.1. The second-order valence-electron chi connectivity index (χ2n) is 5.41. The van der Waals surface area contributed by atoms with Crippen LogP contribution in [0.5, 0.6) is 0 Å². The van der Waals surface area contributed by atoms with E-state index in [-0.39, 0.29) is 11.4 Å². The smallest absolute Gasteiger partial charge is 0.243 e. The van der Waals surface area contributed by atoms with Gasteiger partial charge in [0, 0.05) is 10.2 Å². The summed E-state index contributed by atoms with van der Waals surface area (Å²) in [5.41, 5.74) is 0.541. The van der Waals surface area contributed by atoms with E-state index in [0.29, 0.717) is 5.69 Å². The number of anilines is 1. The van der Waals surface area contributed by atoms with Crippen LogP contribution in [0.25, 0.3) is 0 Å². The molecule has 0 saturated carbocycles. The minimum Gasteiger partial charge on any atom is -0.346 e. The minimum atomic E-state index is -3.98. The molecule has 2 amide bonds. The van der Waals surface area contributed by atoms with Crippen LogP contribution in [-0.4, -0.2) is 32.0 Å². The van der Waals surface area contributed by atoms with Crippen molar-refractivity contribution in [3.05, 3.63) is 58.8 Å². The maximum absolute atomic E-state index is 12.9. The lowest BCUT2D eigenvalue weighted by Gasteiger charge is -2.13. The van der Waals surface area contributed by atoms with E-state index in [1.54, 1.807) is 24.3 Å². The molecule has 1 atom stereocenters. The molecular weight excluding hydrogens is 427 g/mol. The van der Waals surface area contributed by atoms with Crippen LogP contribution >= 0.6 is 15.9 Å². The molecule has 0 radical (unpaired) electrons. The van der Waals surface area contributed by atoms with Crippen LogP contribution in [-0.2, 0) is 19.4 Å². The Morgan fingerprint density at radius 1 is 1.08 bits per heavy atom. The second kappa shape index (κ2) is 8.41. The summed E-state index contributed by atoms with van der Waals surface area (Å²) in [7, 11) is -3.98. The molecule has 6 nitrogen and oxygen atoms in total. The van der Waals surface area contributed by atoms with Gasteiger partial charge in [0.2, 0.25) is 11.8 Å². The van der Waals surface area contributed by atoms with E-state index in [0.717, 1.165) is 28.7 Å². The van der Waals surface area contributed by atoms with E-state index < -0.39 is 32.7 Å². The quantitative estimate of drug-likeness (QED) is 0.672. The molecule has 9 heteroatoms. The summed E-state index contributed by atoms with van der Waals surface area (Å²) in [6.07, 6.45) is 0. The molecule has 0 bridgehead atoms. The van der Waals surface area contributed by atoms with Gasteiger partial charge in [-0.2, -0.15) is 0 Å². The number of hydrogen-bond acceptors (Lipinski definition) is 4. The van der Waals surface area contributed by atoms with Crippen molar-refractivity contribution >= 4 is 43.3 Å². The fourth-order valence-corrected chi connectivity index (χ4v) is 3.57. The first-order chi connectivity index (χ1) is 12.2. The molecule has 0 aromatic heterocycles. The van der Waals surface area contributed by atoms with Crippen LogP contribution in [0.15, 0.2) is 57.9 Å². The predicted octanol–water partition coefficient (Wildman–Crippen LogP) is 2.51. The Labute approximate surface area is 158 Å². The number of rotatable bonds is 6. The average Bonchev–Trinajstić information content (AvgIpc) is 2.61. The number of sulfone groups is 1. The molecule has 0 aliphatic rings. The number of carbonyl (C=O) groups excluding carboxylic acids is 2. The Morgan fingerprint density at radius 2 is 1.65 bits per heavy atom. The summed E-state index contributed by atoms with van der Waals surface area (Å²) in [6.45, 7) is 0.832. The lowest BCUT2D eigenvalue weighted by molar-refractivity contribution is -0.123. The molecule has 0 saturated heterocycles. The summed E-state index contributed by atoms with van der Waals surface area (Å²) in [5, 5.41) is 3.44. The normalized spacial score (nSPS) is 12.3. The SMILES string of the molecule is CC(C(=O)NCC(=O)Nc1ccc(Br)cc1)S(=O)(=O)c1ccc(F)cc1. The van der Waals surface area contributed by atoms with Crippen molar-refractivity contribution < 1.29 is 22.4 Å². The highest BCUT2D eigenvalue weighted by Crippen LogP contribution is 2.17. The molecule has 26 heavy (non-hydrogen) atoms. The van der Waals surface area contributed by atoms with Crippen LogP contribution in [0.1, 0.15) is 6.92 Å². The Balaban J connectivity index is 1.94. The van der Waals surface area contributed by atoms with Gasteiger partial charge in [-0.1, -0.05) is 15.9 Å². The van der Waals surface area contributed by atoms with Crippen molar-refractivity contribution in [2.24, 2.45) is 0 Å². The van der Waals surface area contributed by atoms with E-state index in [4.69, 9.17) is 0 Å². The third-order valence-corrected chi connectivity index (χ3v) is 6.13. The number of carbonyl (C=O) groups is 2. The van der Waals surface area contributed by atoms with Gasteiger partial charge in [-0.05, 0) is 55.5 Å². The number of nitrogens with one attached hydrogen (secondary N) is 2. The topological polar surface area (TPSA) is 92.3 Å². The lowest BCUT2D eigenvalue weighted by Crippen LogP contribution is -2.41. The summed E-state index contributed by atoms with van der Waals surface area (Å²) in [5.74, 6) is -1.89. The number of hydrogen-bond donors (Lipinski definition) is 2. The van der Waals surface area contributed by atoms with Crippen molar-refractivity contribution in [1.82, 2.24) is 5.32 Å². The van der Waals surface area contributed by atoms with Gasteiger partial charge in [-0.15, -0.1) is 0 Å². The Morgan fingerprint density at radius 3 is 2.23 bits per heavy atom. The van der Waals surface area contributed by atoms with Crippen molar-refractivity contribution in [2.75, 3.05) is 11.9 Å². The largest absolute Gasteiger partial charge is 0.346 e. The fourth-order valence-electron chi connectivity index (χ4n) is 2.02. The predicted molar refractivity (Wildman–Crippen MR) is 98.8 cm³/mol. The molecule has 0 aliphatic carbocycles. The van der Waals surface area contributed by atoms with Crippen LogP contribution in [0.4, 0.5) is 10.1 Å². The van der Waals surface area contributed by atoms with Crippen molar-refractivity contribution in [3.63, 3.8) is 0 Å². The zero-order chi connectivity index (χ0) is 19.3. The zero-order valence-corrected chi connectivity index (χ0v) is 16.1. The van der Waals surface area contributed by atoms with Crippen molar-refractivity contribution in [1.29, 1.82) is 0 Å². The zero-order valence-electron chi connectivity index (χ0n) is 13.7. The van der Waals surface area contributed by atoms with Gasteiger partial charge in [0.1, 0.15) is 11.1 Å². The van der Waals surface area contributed by atoms with Gasteiger partial charge in [-0.25, -0.2) is 12.8 Å². The third kappa shape index (κ3) is 5.12. The van der Waals surface area contributed by atoms with Gasteiger partial charge in [-0.3, -0.25) is 9.59 Å². The molecule has 0 spiro atoms. The van der Waals surface area contributed by atoms with E-state index in [1.807, 2.05) is 0 Å². The van der Waals surface area contributed by atoms with E-state index in [2.05, 4.69) is 26.6 Å². The second-order valence-corrected chi connectivity index (χ2v) is 8.60. The van der Waals surface area contributed by atoms with E-state index in [1.165, 1.54) is 6.92 Å². The Kier molecular flexibility index (Phi) is 6.49. The van der Waals surface area contributed by atoms with Crippen LogP contribution in [0.2, 0.25) is 0 Å². The highest BCUT2D eigenvalue weighted by Gasteiger charge is 2.29. The summed E-state index contributed by atoms with van der Waals surface area (Å²) >= 11 is 3.27. The summed E-state index contributed by atoms with van der Waals surface area (Å²) < 4.78 is 38.5. The molecule has 0 fully saturated rings. The maximum atomic E-state index is 12.9. The molecule has 1 unspecified atom stereocenters. The molecule has 2 aromatic carbocycles. The first-order valence-electron chi connectivity index (χ1n) is 7.53. The Hall–Kier alpha value is -2.26. The van der Waals surface area contributed by atoms with Crippen molar-refractivity contribution in [2.45, 2.75) is 17.1 Å². The number of halogens is 2. The molecular formula is C17H16BrFN2O4S. The maximum Gasteiger partial charge on any atom is 0.243 e. The van der Waals surface area contributed by atoms with Gasteiger partial charge in [0.05, 0.1) is 11.4 Å².